The molecule has 0 aliphatic rings. The quantitative estimate of drug-likeness (QED) is 0.369. The van der Waals surface area contributed by atoms with Gasteiger partial charge in [-0.05, 0) is 18.6 Å². The molecule has 0 radical (unpaired) electrons. The highest BCUT2D eigenvalue weighted by Gasteiger charge is 2.01. The Labute approximate surface area is 103 Å². The second kappa shape index (κ2) is 10.8. The normalized spacial score (nSPS) is 9.88. The number of carbonyl (C=O) groups is 2. The smallest absolute Gasteiger partial charge is 0.305 e. The molecule has 0 aromatic carbocycles. The van der Waals surface area contributed by atoms with Gasteiger partial charge in [0.25, 0.3) is 0 Å². The molecule has 0 heterocycles. The van der Waals surface area contributed by atoms with Gasteiger partial charge < -0.3 is 10.1 Å². The molecule has 0 atom stereocenters. The maximum absolute atomic E-state index is 11.2. The van der Waals surface area contributed by atoms with E-state index in [1.807, 2.05) is 0 Å². The topological polar surface area (TPSA) is 55.4 Å². The van der Waals surface area contributed by atoms with Gasteiger partial charge in [-0.15, -0.1) is 0 Å². The van der Waals surface area contributed by atoms with Crippen molar-refractivity contribution in [3.05, 3.63) is 0 Å². The number of carbonyl (C=O) groups excluding carboxylic acids is 2. The van der Waals surface area contributed by atoms with E-state index in [1.54, 1.807) is 6.92 Å². The first-order valence-corrected chi connectivity index (χ1v) is 6.37. The second-order valence-corrected chi connectivity index (χ2v) is 3.91. The zero-order valence-corrected chi connectivity index (χ0v) is 10.7. The third-order valence-electron chi connectivity index (χ3n) is 2.04. The number of ether oxygens (including phenoxy) is 1. The van der Waals surface area contributed by atoms with Crippen LogP contribution in [0.3, 0.4) is 0 Å². The van der Waals surface area contributed by atoms with E-state index in [2.05, 4.69) is 17.9 Å². The van der Waals surface area contributed by atoms with Crippen molar-refractivity contribution in [2.75, 3.05) is 18.9 Å². The van der Waals surface area contributed by atoms with Crippen LogP contribution in [0, 0.1) is 0 Å². The summed E-state index contributed by atoms with van der Waals surface area (Å²) in [7, 11) is 0. The standard InChI is InChI=1S/C11H21NO3S/c1-2-11(14)15-8-7-12-10(13)6-4-3-5-9-16/h16H,2-9H2,1H3,(H,12,13). The molecule has 94 valence electrons. The number of thiol groups is 1. The Balaban J connectivity index is 3.27. The molecule has 5 heteroatoms. The van der Waals surface area contributed by atoms with Gasteiger partial charge in [0, 0.05) is 12.8 Å². The third-order valence-corrected chi connectivity index (χ3v) is 2.35. The first-order chi connectivity index (χ1) is 7.70. The van der Waals surface area contributed by atoms with Crippen molar-refractivity contribution in [3.63, 3.8) is 0 Å². The van der Waals surface area contributed by atoms with Crippen molar-refractivity contribution >= 4 is 24.5 Å². The van der Waals surface area contributed by atoms with E-state index in [-0.39, 0.29) is 18.5 Å². The summed E-state index contributed by atoms with van der Waals surface area (Å²) in [5.74, 6) is 0.656. The highest BCUT2D eigenvalue weighted by Crippen LogP contribution is 2.00. The molecule has 0 rings (SSSR count). The van der Waals surface area contributed by atoms with E-state index in [9.17, 15) is 9.59 Å². The molecule has 0 fully saturated rings. The molecule has 0 aromatic rings. The van der Waals surface area contributed by atoms with Crippen LogP contribution in [0.1, 0.15) is 39.0 Å². The molecule has 1 N–H and O–H groups in total. The molecular formula is C11H21NO3S. The predicted octanol–water partition coefficient (Wildman–Crippen LogP) is 1.55. The predicted molar refractivity (Wildman–Crippen MR) is 66.6 cm³/mol. The van der Waals surface area contributed by atoms with Gasteiger partial charge >= 0.3 is 5.97 Å². The summed E-state index contributed by atoms with van der Waals surface area (Å²) in [5.41, 5.74) is 0. The van der Waals surface area contributed by atoms with Gasteiger partial charge in [-0.25, -0.2) is 0 Å². The summed E-state index contributed by atoms with van der Waals surface area (Å²) in [6.45, 7) is 2.40. The Kier molecular flexibility index (Phi) is 10.3. The number of hydrogen-bond acceptors (Lipinski definition) is 4. The van der Waals surface area contributed by atoms with Gasteiger partial charge in [0.05, 0.1) is 6.54 Å². The Morgan fingerprint density at radius 3 is 2.62 bits per heavy atom. The number of amides is 1. The van der Waals surface area contributed by atoms with Gasteiger partial charge in [-0.3, -0.25) is 9.59 Å². The third kappa shape index (κ3) is 9.83. The van der Waals surface area contributed by atoms with Crippen molar-refractivity contribution in [1.29, 1.82) is 0 Å². The molecule has 0 aliphatic heterocycles. The number of nitrogens with one attached hydrogen (secondary N) is 1. The lowest BCUT2D eigenvalue weighted by molar-refractivity contribution is -0.143. The van der Waals surface area contributed by atoms with Crippen LogP contribution >= 0.6 is 12.6 Å². The first-order valence-electron chi connectivity index (χ1n) is 5.74. The molecule has 1 amide bonds. The lowest BCUT2D eigenvalue weighted by atomic mass is 10.2. The van der Waals surface area contributed by atoms with Crippen LogP contribution in [0.15, 0.2) is 0 Å². The van der Waals surface area contributed by atoms with Crippen molar-refractivity contribution < 1.29 is 14.3 Å². The van der Waals surface area contributed by atoms with Gasteiger partial charge in [-0.2, -0.15) is 12.6 Å². The minimum absolute atomic E-state index is 0.0201. The van der Waals surface area contributed by atoms with Crippen LogP contribution in [-0.2, 0) is 14.3 Å². The summed E-state index contributed by atoms with van der Waals surface area (Å²) >= 11 is 4.09. The molecule has 0 spiro atoms. The number of rotatable bonds is 9. The highest BCUT2D eigenvalue weighted by atomic mass is 32.1. The monoisotopic (exact) mass is 247 g/mol. The Hall–Kier alpha value is -0.710. The Morgan fingerprint density at radius 2 is 2.00 bits per heavy atom. The second-order valence-electron chi connectivity index (χ2n) is 3.46. The van der Waals surface area contributed by atoms with Gasteiger partial charge in [0.15, 0.2) is 0 Å². The highest BCUT2D eigenvalue weighted by molar-refractivity contribution is 7.80. The summed E-state index contributed by atoms with van der Waals surface area (Å²) < 4.78 is 4.82. The van der Waals surface area contributed by atoms with Gasteiger partial charge in [0.1, 0.15) is 6.61 Å². The van der Waals surface area contributed by atoms with Crippen molar-refractivity contribution in [2.45, 2.75) is 39.0 Å². The van der Waals surface area contributed by atoms with Crippen LogP contribution in [0.2, 0.25) is 0 Å². The first kappa shape index (κ1) is 15.3. The van der Waals surface area contributed by atoms with E-state index < -0.39 is 0 Å². The zero-order chi connectivity index (χ0) is 12.2. The largest absolute Gasteiger partial charge is 0.464 e. The van der Waals surface area contributed by atoms with Crippen LogP contribution < -0.4 is 5.32 Å². The fraction of sp³-hybridized carbons (Fsp3) is 0.818. The fourth-order valence-electron chi connectivity index (χ4n) is 1.12. The molecule has 4 nitrogen and oxygen atoms in total. The molecule has 0 aliphatic carbocycles. The molecule has 16 heavy (non-hydrogen) atoms. The van der Waals surface area contributed by atoms with E-state index in [0.717, 1.165) is 25.0 Å². The number of unbranched alkanes of at least 4 members (excludes halogenated alkanes) is 2. The minimum atomic E-state index is -0.233. The average molecular weight is 247 g/mol. The van der Waals surface area contributed by atoms with Crippen LogP contribution in [0.25, 0.3) is 0 Å². The van der Waals surface area contributed by atoms with Crippen molar-refractivity contribution in [1.82, 2.24) is 5.32 Å². The van der Waals surface area contributed by atoms with Crippen LogP contribution in [0.5, 0.6) is 0 Å². The van der Waals surface area contributed by atoms with Gasteiger partial charge in [-0.1, -0.05) is 13.3 Å². The molecule has 0 aromatic heterocycles. The lowest BCUT2D eigenvalue weighted by Gasteiger charge is -2.05. The summed E-state index contributed by atoms with van der Waals surface area (Å²) in [6, 6.07) is 0. The van der Waals surface area contributed by atoms with Crippen LogP contribution in [-0.4, -0.2) is 30.8 Å². The van der Waals surface area contributed by atoms with Gasteiger partial charge in [0.2, 0.25) is 5.91 Å². The number of esters is 1. The Morgan fingerprint density at radius 1 is 1.25 bits per heavy atom. The van der Waals surface area contributed by atoms with E-state index in [1.165, 1.54) is 0 Å². The average Bonchev–Trinajstić information content (AvgIpc) is 2.30. The maximum Gasteiger partial charge on any atom is 0.305 e. The SMILES string of the molecule is CCC(=O)OCCNC(=O)CCCCCS. The molecular weight excluding hydrogens is 226 g/mol. The van der Waals surface area contributed by atoms with Crippen LogP contribution in [0.4, 0.5) is 0 Å². The Bertz CT molecular complexity index is 209. The molecule has 0 bridgehead atoms. The zero-order valence-electron chi connectivity index (χ0n) is 9.83. The van der Waals surface area contributed by atoms with Crippen molar-refractivity contribution in [2.24, 2.45) is 0 Å². The van der Waals surface area contributed by atoms with E-state index in [4.69, 9.17) is 4.74 Å². The minimum Gasteiger partial charge on any atom is -0.464 e. The fourth-order valence-corrected chi connectivity index (χ4v) is 1.34. The van der Waals surface area contributed by atoms with E-state index >= 15 is 0 Å². The maximum atomic E-state index is 11.2. The van der Waals surface area contributed by atoms with Crippen molar-refractivity contribution in [3.8, 4) is 0 Å². The lowest BCUT2D eigenvalue weighted by Crippen LogP contribution is -2.27. The summed E-state index contributed by atoms with van der Waals surface area (Å²) in [6.07, 6.45) is 3.88. The molecule has 0 saturated heterocycles. The summed E-state index contributed by atoms with van der Waals surface area (Å²) in [5, 5.41) is 2.70. The number of hydrogen-bond donors (Lipinski definition) is 2. The van der Waals surface area contributed by atoms with E-state index in [0.29, 0.717) is 19.4 Å². The molecule has 0 saturated carbocycles. The molecule has 0 unspecified atom stereocenters. The summed E-state index contributed by atoms with van der Waals surface area (Å²) in [4.78, 5) is 22.0.